The molecule has 1 aromatic carbocycles. The summed E-state index contributed by atoms with van der Waals surface area (Å²) in [6.07, 6.45) is 0. The van der Waals surface area contributed by atoms with Gasteiger partial charge in [0, 0.05) is 11.6 Å². The molecule has 0 aliphatic heterocycles. The Labute approximate surface area is 133 Å². The number of esters is 1. The van der Waals surface area contributed by atoms with Gasteiger partial charge < -0.3 is 10.1 Å². The summed E-state index contributed by atoms with van der Waals surface area (Å²) in [5.41, 5.74) is 1.45. The number of nitrogens with zero attached hydrogens (tertiary/aromatic N) is 1. The number of amides is 1. The highest BCUT2D eigenvalue weighted by molar-refractivity contribution is 7.14. The molecule has 0 bridgehead atoms. The molecular formula is C16H18N2O3S. The summed E-state index contributed by atoms with van der Waals surface area (Å²) in [6, 6.07) is 9.45. The maximum absolute atomic E-state index is 12.2. The van der Waals surface area contributed by atoms with Crippen LogP contribution < -0.4 is 5.32 Å². The summed E-state index contributed by atoms with van der Waals surface area (Å²) < 4.78 is 5.09. The number of hydrogen-bond donors (Lipinski definition) is 1. The van der Waals surface area contributed by atoms with Crippen molar-refractivity contribution in [2.24, 2.45) is 0 Å². The van der Waals surface area contributed by atoms with E-state index >= 15 is 0 Å². The average molecular weight is 318 g/mol. The van der Waals surface area contributed by atoms with Crippen LogP contribution in [0.5, 0.6) is 0 Å². The number of aryl methyl sites for hydroxylation is 1. The average Bonchev–Trinajstić information content (AvgIpc) is 2.87. The van der Waals surface area contributed by atoms with E-state index in [-0.39, 0.29) is 18.6 Å². The van der Waals surface area contributed by atoms with Crippen LogP contribution in [0.1, 0.15) is 28.5 Å². The molecule has 116 valence electrons. The van der Waals surface area contributed by atoms with Crippen molar-refractivity contribution in [1.82, 2.24) is 10.3 Å². The molecule has 0 spiro atoms. The lowest BCUT2D eigenvalue weighted by Crippen LogP contribution is -2.33. The highest BCUT2D eigenvalue weighted by atomic mass is 32.1. The predicted octanol–water partition coefficient (Wildman–Crippen LogP) is 2.80. The third kappa shape index (κ3) is 4.14. The summed E-state index contributed by atoms with van der Waals surface area (Å²) in [4.78, 5) is 28.6. The van der Waals surface area contributed by atoms with Crippen molar-refractivity contribution in [3.8, 4) is 11.3 Å². The van der Waals surface area contributed by atoms with Gasteiger partial charge in [0.25, 0.3) is 5.91 Å². The molecule has 0 atom stereocenters. The van der Waals surface area contributed by atoms with Crippen molar-refractivity contribution < 1.29 is 14.3 Å². The Morgan fingerprint density at radius 3 is 2.59 bits per heavy atom. The van der Waals surface area contributed by atoms with Gasteiger partial charge in [-0.1, -0.05) is 30.3 Å². The largest absolute Gasteiger partial charge is 0.451 e. The van der Waals surface area contributed by atoms with Gasteiger partial charge in [-0.25, -0.2) is 9.78 Å². The molecule has 6 heteroatoms. The van der Waals surface area contributed by atoms with Gasteiger partial charge in [-0.2, -0.15) is 0 Å². The quantitative estimate of drug-likeness (QED) is 0.861. The molecule has 1 aromatic heterocycles. The first-order valence-electron chi connectivity index (χ1n) is 6.96. The molecule has 2 aromatic rings. The minimum atomic E-state index is -0.525. The molecule has 22 heavy (non-hydrogen) atoms. The maximum atomic E-state index is 12.2. The van der Waals surface area contributed by atoms with Crippen LogP contribution in [0.4, 0.5) is 0 Å². The highest BCUT2D eigenvalue weighted by Crippen LogP contribution is 2.28. The normalized spacial score (nSPS) is 10.5. The van der Waals surface area contributed by atoms with E-state index in [1.807, 2.05) is 51.1 Å². The standard InChI is InChI=1S/C16H18N2O3S/c1-10(2)17-13(19)9-21-16(20)15-14(18-11(3)22-15)12-7-5-4-6-8-12/h4-8,10H,9H2,1-3H3,(H,17,19). The Morgan fingerprint density at radius 2 is 1.95 bits per heavy atom. The lowest BCUT2D eigenvalue weighted by Gasteiger charge is -2.08. The Morgan fingerprint density at radius 1 is 1.27 bits per heavy atom. The number of nitrogens with one attached hydrogen (secondary N) is 1. The summed E-state index contributed by atoms with van der Waals surface area (Å²) in [5.74, 6) is -0.839. The molecule has 0 aliphatic rings. The van der Waals surface area contributed by atoms with E-state index in [1.165, 1.54) is 11.3 Å². The van der Waals surface area contributed by atoms with Crippen LogP contribution in [-0.4, -0.2) is 29.5 Å². The van der Waals surface area contributed by atoms with Gasteiger partial charge in [-0.05, 0) is 20.8 Å². The summed E-state index contributed by atoms with van der Waals surface area (Å²) in [7, 11) is 0. The first kappa shape index (κ1) is 16.2. The Hall–Kier alpha value is -2.21. The lowest BCUT2D eigenvalue weighted by molar-refractivity contribution is -0.124. The summed E-state index contributed by atoms with van der Waals surface area (Å²) in [5, 5.41) is 3.45. The molecule has 2 rings (SSSR count). The van der Waals surface area contributed by atoms with Crippen LogP contribution >= 0.6 is 11.3 Å². The van der Waals surface area contributed by atoms with E-state index < -0.39 is 5.97 Å². The molecule has 0 aliphatic carbocycles. The third-order valence-electron chi connectivity index (χ3n) is 2.75. The zero-order valence-corrected chi connectivity index (χ0v) is 13.6. The molecule has 0 fully saturated rings. The molecule has 1 N–H and O–H groups in total. The number of hydrogen-bond acceptors (Lipinski definition) is 5. The number of rotatable bonds is 5. The van der Waals surface area contributed by atoms with Gasteiger partial charge in [0.2, 0.25) is 0 Å². The highest BCUT2D eigenvalue weighted by Gasteiger charge is 2.20. The van der Waals surface area contributed by atoms with Crippen LogP contribution in [0, 0.1) is 6.92 Å². The van der Waals surface area contributed by atoms with Crippen molar-refractivity contribution in [2.75, 3.05) is 6.61 Å². The van der Waals surface area contributed by atoms with Crippen molar-refractivity contribution in [3.63, 3.8) is 0 Å². The minimum absolute atomic E-state index is 0.0109. The summed E-state index contributed by atoms with van der Waals surface area (Å²) in [6.45, 7) is 5.24. The molecule has 5 nitrogen and oxygen atoms in total. The second kappa shape index (κ2) is 7.17. The van der Waals surface area contributed by atoms with Gasteiger partial charge in [-0.15, -0.1) is 11.3 Å². The van der Waals surface area contributed by atoms with Crippen LogP contribution in [0.15, 0.2) is 30.3 Å². The van der Waals surface area contributed by atoms with E-state index in [9.17, 15) is 9.59 Å². The van der Waals surface area contributed by atoms with E-state index in [4.69, 9.17) is 4.74 Å². The number of aromatic nitrogens is 1. The fourth-order valence-corrected chi connectivity index (χ4v) is 2.75. The number of ether oxygens (including phenoxy) is 1. The smallest absolute Gasteiger partial charge is 0.351 e. The molecule has 0 saturated carbocycles. The zero-order chi connectivity index (χ0) is 16.1. The molecular weight excluding hydrogens is 300 g/mol. The predicted molar refractivity (Wildman–Crippen MR) is 85.8 cm³/mol. The number of carbonyl (C=O) groups excluding carboxylic acids is 2. The minimum Gasteiger partial charge on any atom is -0.451 e. The Bertz CT molecular complexity index is 665. The molecule has 1 amide bonds. The number of carbonyl (C=O) groups is 2. The molecule has 1 heterocycles. The zero-order valence-electron chi connectivity index (χ0n) is 12.8. The van der Waals surface area contributed by atoms with Gasteiger partial charge in [0.05, 0.1) is 10.7 Å². The number of benzene rings is 1. The van der Waals surface area contributed by atoms with Crippen LogP contribution in [0.2, 0.25) is 0 Å². The SMILES string of the molecule is Cc1nc(-c2ccccc2)c(C(=O)OCC(=O)NC(C)C)s1. The molecule has 0 radical (unpaired) electrons. The number of thiazole rings is 1. The monoisotopic (exact) mass is 318 g/mol. The lowest BCUT2D eigenvalue weighted by atomic mass is 10.1. The maximum Gasteiger partial charge on any atom is 0.351 e. The van der Waals surface area contributed by atoms with E-state index in [2.05, 4.69) is 10.3 Å². The van der Waals surface area contributed by atoms with E-state index in [0.29, 0.717) is 10.6 Å². The topological polar surface area (TPSA) is 68.3 Å². The van der Waals surface area contributed by atoms with E-state index in [0.717, 1.165) is 10.6 Å². The third-order valence-corrected chi connectivity index (χ3v) is 3.70. The van der Waals surface area contributed by atoms with Crippen LogP contribution in [-0.2, 0) is 9.53 Å². The van der Waals surface area contributed by atoms with Crippen molar-refractivity contribution in [3.05, 3.63) is 40.2 Å². The van der Waals surface area contributed by atoms with Crippen molar-refractivity contribution in [2.45, 2.75) is 26.8 Å². The van der Waals surface area contributed by atoms with Gasteiger partial charge in [0.1, 0.15) is 4.88 Å². The van der Waals surface area contributed by atoms with Crippen LogP contribution in [0.3, 0.4) is 0 Å². The van der Waals surface area contributed by atoms with Crippen molar-refractivity contribution >= 4 is 23.2 Å². The fourth-order valence-electron chi connectivity index (χ4n) is 1.92. The first-order valence-corrected chi connectivity index (χ1v) is 7.78. The van der Waals surface area contributed by atoms with Gasteiger partial charge >= 0.3 is 5.97 Å². The van der Waals surface area contributed by atoms with Gasteiger partial charge in [0.15, 0.2) is 6.61 Å². The van der Waals surface area contributed by atoms with E-state index in [1.54, 1.807) is 0 Å². The Kier molecular flexibility index (Phi) is 5.27. The van der Waals surface area contributed by atoms with Crippen molar-refractivity contribution in [1.29, 1.82) is 0 Å². The fraction of sp³-hybridized carbons (Fsp3) is 0.312. The first-order chi connectivity index (χ1) is 10.5. The Balaban J connectivity index is 2.12. The second-order valence-corrected chi connectivity index (χ2v) is 6.28. The second-order valence-electron chi connectivity index (χ2n) is 5.07. The van der Waals surface area contributed by atoms with Gasteiger partial charge in [-0.3, -0.25) is 4.79 Å². The van der Waals surface area contributed by atoms with Crippen LogP contribution in [0.25, 0.3) is 11.3 Å². The summed E-state index contributed by atoms with van der Waals surface area (Å²) >= 11 is 1.27. The molecule has 0 saturated heterocycles. The molecule has 0 unspecified atom stereocenters.